The summed E-state index contributed by atoms with van der Waals surface area (Å²) in [6.07, 6.45) is 1.52. The van der Waals surface area contributed by atoms with E-state index >= 15 is 0 Å². The lowest BCUT2D eigenvalue weighted by Crippen LogP contribution is -2.18. The zero-order valence-electron chi connectivity index (χ0n) is 16.8. The monoisotopic (exact) mass is 445 g/mol. The van der Waals surface area contributed by atoms with E-state index in [9.17, 15) is 9.59 Å². The molecule has 1 unspecified atom stereocenters. The molecule has 2 atom stereocenters. The average Bonchev–Trinajstić information content (AvgIpc) is 3.09. The predicted molar refractivity (Wildman–Crippen MR) is 104 cm³/mol. The van der Waals surface area contributed by atoms with Crippen molar-refractivity contribution in [3.8, 4) is 0 Å². The number of carbonyl (C=O) groups is 2. The van der Waals surface area contributed by atoms with E-state index in [1.807, 2.05) is 6.92 Å². The zero-order chi connectivity index (χ0) is 21.9. The van der Waals surface area contributed by atoms with Crippen LogP contribution in [0.4, 0.5) is 10.6 Å². The fraction of sp³-hybridized carbons (Fsp3) is 0.562. The molecule has 2 aromatic rings. The number of imidazole rings is 1. The van der Waals surface area contributed by atoms with E-state index in [1.165, 1.54) is 6.33 Å². The summed E-state index contributed by atoms with van der Waals surface area (Å²) in [6.45, 7) is 5.15. The maximum atomic E-state index is 11.4. The first-order chi connectivity index (χ1) is 14.4. The average molecular weight is 445 g/mol. The van der Waals surface area contributed by atoms with E-state index in [1.54, 1.807) is 24.7 Å². The zero-order valence-corrected chi connectivity index (χ0v) is 17.7. The van der Waals surface area contributed by atoms with Crippen LogP contribution in [-0.2, 0) is 39.3 Å². The number of carbonyl (C=O) groups excluding carboxylic acids is 2. The van der Waals surface area contributed by atoms with Crippen LogP contribution >= 0.6 is 8.38 Å². The van der Waals surface area contributed by atoms with Gasteiger partial charge in [-0.2, -0.15) is 0 Å². The first kappa shape index (κ1) is 23.7. The third kappa shape index (κ3) is 7.67. The van der Waals surface area contributed by atoms with Crippen molar-refractivity contribution in [2.75, 3.05) is 25.7 Å². The van der Waals surface area contributed by atoms with Crippen LogP contribution in [0.5, 0.6) is 0 Å². The molecule has 166 valence electrons. The van der Waals surface area contributed by atoms with Gasteiger partial charge in [0.2, 0.25) is 15.2 Å². The molecule has 2 N–H and O–H groups in total. The number of nitrogens with zero attached hydrogens (tertiary/aromatic N) is 4. The molecule has 0 saturated carbocycles. The summed E-state index contributed by atoms with van der Waals surface area (Å²) in [6, 6.07) is 0. The first-order valence-corrected chi connectivity index (χ1v) is 10.2. The SMILES string of the molecule is CC(C)OC(=O)OCOP(CO[C@H](C)Cn1cnc2c(N)ncnc21)OCOC=O. The molecule has 2 rings (SSSR count). The van der Waals surface area contributed by atoms with Crippen LogP contribution < -0.4 is 5.73 Å². The number of nitrogens with two attached hydrogens (primary N) is 1. The van der Waals surface area contributed by atoms with Crippen molar-refractivity contribution >= 4 is 38.0 Å². The van der Waals surface area contributed by atoms with Gasteiger partial charge in [0.1, 0.15) is 18.2 Å². The van der Waals surface area contributed by atoms with Crippen LogP contribution in [0.15, 0.2) is 12.7 Å². The van der Waals surface area contributed by atoms with Gasteiger partial charge in [0.25, 0.3) is 6.47 Å². The molecule has 0 aromatic carbocycles. The summed E-state index contributed by atoms with van der Waals surface area (Å²) in [5.74, 6) is 0.295. The molecule has 2 aromatic heterocycles. The second-order valence-electron chi connectivity index (χ2n) is 6.08. The van der Waals surface area contributed by atoms with Gasteiger partial charge in [-0.15, -0.1) is 0 Å². The molecule has 14 heteroatoms. The number of rotatable bonds is 13. The molecule has 0 fully saturated rings. The van der Waals surface area contributed by atoms with E-state index in [-0.39, 0.29) is 31.8 Å². The van der Waals surface area contributed by atoms with Crippen molar-refractivity contribution in [2.45, 2.75) is 39.5 Å². The lowest BCUT2D eigenvalue weighted by molar-refractivity contribution is -0.134. The minimum absolute atomic E-state index is 0.0328. The molecule has 0 radical (unpaired) electrons. The quantitative estimate of drug-likeness (QED) is 0.157. The number of ether oxygens (including phenoxy) is 4. The summed E-state index contributed by atoms with van der Waals surface area (Å²) in [7, 11) is -1.67. The Morgan fingerprint density at radius 3 is 2.73 bits per heavy atom. The Labute approximate surface area is 173 Å². The van der Waals surface area contributed by atoms with Crippen LogP contribution in [0.25, 0.3) is 11.2 Å². The van der Waals surface area contributed by atoms with Crippen molar-refractivity contribution in [2.24, 2.45) is 0 Å². The Morgan fingerprint density at radius 2 is 2.00 bits per heavy atom. The topological polar surface area (TPSA) is 159 Å². The van der Waals surface area contributed by atoms with Crippen molar-refractivity contribution in [1.29, 1.82) is 0 Å². The molecule has 0 aliphatic carbocycles. The van der Waals surface area contributed by atoms with Gasteiger partial charge in [0.15, 0.2) is 18.3 Å². The predicted octanol–water partition coefficient (Wildman–Crippen LogP) is 1.77. The molecule has 2 heterocycles. The fourth-order valence-electron chi connectivity index (χ4n) is 2.14. The molecule has 0 amide bonds. The van der Waals surface area contributed by atoms with Gasteiger partial charge in [0, 0.05) is 0 Å². The van der Waals surface area contributed by atoms with Crippen molar-refractivity contribution in [3.05, 3.63) is 12.7 Å². The molecule has 13 nitrogen and oxygen atoms in total. The lowest BCUT2D eigenvalue weighted by Gasteiger charge is -2.20. The highest BCUT2D eigenvalue weighted by atomic mass is 31.2. The lowest BCUT2D eigenvalue weighted by atomic mass is 10.4. The number of anilines is 1. The van der Waals surface area contributed by atoms with Crippen LogP contribution in [0.3, 0.4) is 0 Å². The highest BCUT2D eigenvalue weighted by molar-refractivity contribution is 7.47. The van der Waals surface area contributed by atoms with Crippen LogP contribution in [0, 0.1) is 0 Å². The van der Waals surface area contributed by atoms with Crippen LogP contribution in [0.2, 0.25) is 0 Å². The highest BCUT2D eigenvalue weighted by Crippen LogP contribution is 2.38. The Morgan fingerprint density at radius 1 is 1.23 bits per heavy atom. The van der Waals surface area contributed by atoms with Gasteiger partial charge in [-0.25, -0.2) is 19.7 Å². The van der Waals surface area contributed by atoms with Gasteiger partial charge in [0.05, 0.1) is 25.1 Å². The second kappa shape index (κ2) is 12.2. The summed E-state index contributed by atoms with van der Waals surface area (Å²) in [5.41, 5.74) is 6.88. The molecule has 0 aliphatic heterocycles. The number of nitrogen functional groups attached to an aromatic ring is 1. The number of hydrogen-bond acceptors (Lipinski definition) is 12. The van der Waals surface area contributed by atoms with Crippen LogP contribution in [-0.4, -0.2) is 64.3 Å². The molecular formula is C16H24N5O8P. The summed E-state index contributed by atoms with van der Waals surface area (Å²) < 4.78 is 32.3. The fourth-order valence-corrected chi connectivity index (χ4v) is 3.09. The Hall–Kier alpha value is -2.60. The molecular weight excluding hydrogens is 421 g/mol. The smallest absolute Gasteiger partial charge is 0.440 e. The molecule has 0 saturated heterocycles. The van der Waals surface area contributed by atoms with Crippen molar-refractivity contribution in [3.63, 3.8) is 0 Å². The van der Waals surface area contributed by atoms with Crippen molar-refractivity contribution < 1.29 is 37.6 Å². The Kier molecular flexibility index (Phi) is 9.61. The summed E-state index contributed by atoms with van der Waals surface area (Å²) in [4.78, 5) is 33.9. The normalized spacial score (nSPS) is 13.2. The minimum atomic E-state index is -1.67. The Balaban J connectivity index is 1.84. The van der Waals surface area contributed by atoms with E-state index < -0.39 is 21.3 Å². The highest BCUT2D eigenvalue weighted by Gasteiger charge is 2.17. The molecule has 0 bridgehead atoms. The molecule has 0 aliphatic rings. The Bertz CT molecular complexity index is 820. The number of aromatic nitrogens is 4. The van der Waals surface area contributed by atoms with E-state index in [0.29, 0.717) is 23.5 Å². The third-order valence-corrected chi connectivity index (χ3v) is 4.53. The minimum Gasteiger partial charge on any atom is -0.440 e. The van der Waals surface area contributed by atoms with Gasteiger partial charge < -0.3 is 29.2 Å². The number of hydrogen-bond donors (Lipinski definition) is 1. The first-order valence-electron chi connectivity index (χ1n) is 8.85. The summed E-state index contributed by atoms with van der Waals surface area (Å²) >= 11 is 0. The van der Waals surface area contributed by atoms with E-state index in [0.717, 1.165) is 0 Å². The second-order valence-corrected chi connectivity index (χ2v) is 7.52. The molecule has 30 heavy (non-hydrogen) atoms. The van der Waals surface area contributed by atoms with Gasteiger partial charge >= 0.3 is 6.16 Å². The van der Waals surface area contributed by atoms with Crippen molar-refractivity contribution in [1.82, 2.24) is 19.5 Å². The number of fused-ring (bicyclic) bond motifs is 1. The van der Waals surface area contributed by atoms with Gasteiger partial charge in [-0.05, 0) is 20.8 Å². The molecule has 0 spiro atoms. The largest absolute Gasteiger partial charge is 0.510 e. The maximum absolute atomic E-state index is 11.4. The van der Waals surface area contributed by atoms with Crippen LogP contribution in [0.1, 0.15) is 20.8 Å². The van der Waals surface area contributed by atoms with E-state index in [4.69, 9.17) is 29.0 Å². The maximum Gasteiger partial charge on any atom is 0.510 e. The van der Waals surface area contributed by atoms with Gasteiger partial charge in [-0.3, -0.25) is 13.8 Å². The third-order valence-electron chi connectivity index (χ3n) is 3.39. The summed E-state index contributed by atoms with van der Waals surface area (Å²) in [5, 5.41) is 0. The standard InChI is InChI=1S/C16H24N5O8P/c1-11(2)29-16(23)25-9-28-30(27-8-24-7-22)10-26-12(3)4-21-6-20-13-14(17)18-5-19-15(13)21/h5-7,11-12H,4,8-10H2,1-3H3,(H2,17,18,19)/t12-,30?/m1/s1. The van der Waals surface area contributed by atoms with Gasteiger partial charge in [-0.1, -0.05) is 0 Å². The van der Waals surface area contributed by atoms with E-state index in [2.05, 4.69) is 19.7 Å².